The van der Waals surface area contributed by atoms with Crippen LogP contribution in [0.2, 0.25) is 0 Å². The quantitative estimate of drug-likeness (QED) is 0.750. The van der Waals surface area contributed by atoms with Crippen molar-refractivity contribution in [1.82, 2.24) is 5.32 Å². The highest BCUT2D eigenvalue weighted by Gasteiger charge is 2.27. The monoisotopic (exact) mass is 341 g/mol. The molecular formula is C12H15BrF3NS. The van der Waals surface area contributed by atoms with Gasteiger partial charge in [-0.1, -0.05) is 35.0 Å². The van der Waals surface area contributed by atoms with Crippen LogP contribution in [0.5, 0.6) is 0 Å². The number of benzene rings is 1. The van der Waals surface area contributed by atoms with Gasteiger partial charge in [-0.15, -0.1) is 0 Å². The molecule has 0 fully saturated rings. The summed E-state index contributed by atoms with van der Waals surface area (Å²) in [6, 6.07) is 7.90. The Morgan fingerprint density at radius 3 is 2.67 bits per heavy atom. The van der Waals surface area contributed by atoms with Crippen LogP contribution in [0.4, 0.5) is 13.2 Å². The summed E-state index contributed by atoms with van der Waals surface area (Å²) in [5.74, 6) is 0.0357. The molecule has 0 saturated carbocycles. The number of hydrogen-bond donors (Lipinski definition) is 1. The van der Waals surface area contributed by atoms with Crippen LogP contribution >= 0.6 is 27.7 Å². The molecule has 0 aliphatic rings. The lowest BCUT2D eigenvalue weighted by Gasteiger charge is -2.17. The first-order valence-corrected chi connectivity index (χ1v) is 7.39. The van der Waals surface area contributed by atoms with Crippen LogP contribution in [-0.4, -0.2) is 17.8 Å². The molecule has 0 aromatic heterocycles. The van der Waals surface area contributed by atoms with Crippen molar-refractivity contribution in [2.24, 2.45) is 0 Å². The fourth-order valence-electron chi connectivity index (χ4n) is 1.62. The lowest BCUT2D eigenvalue weighted by atomic mass is 10.1. The molecule has 18 heavy (non-hydrogen) atoms. The van der Waals surface area contributed by atoms with Crippen LogP contribution in [0.25, 0.3) is 0 Å². The lowest BCUT2D eigenvalue weighted by Crippen LogP contribution is -2.24. The third kappa shape index (κ3) is 6.11. The molecule has 0 bridgehead atoms. The van der Waals surface area contributed by atoms with Gasteiger partial charge in [0.2, 0.25) is 0 Å². The highest BCUT2D eigenvalue weighted by atomic mass is 79.9. The van der Waals surface area contributed by atoms with Gasteiger partial charge in [0.1, 0.15) is 0 Å². The van der Waals surface area contributed by atoms with E-state index in [0.717, 1.165) is 16.5 Å². The first-order valence-electron chi connectivity index (χ1n) is 5.62. The Morgan fingerprint density at radius 1 is 1.39 bits per heavy atom. The summed E-state index contributed by atoms with van der Waals surface area (Å²) in [5.41, 5.74) is -3.05. The van der Waals surface area contributed by atoms with Gasteiger partial charge >= 0.3 is 5.51 Å². The first-order chi connectivity index (χ1) is 8.42. The molecule has 1 unspecified atom stereocenters. The standard InChI is InChI=1S/C12H15BrF3NS/c1-2-11(9-4-3-5-10(13)8-9)17-6-7-18-12(14,15)16/h3-5,8,11,17H,2,6-7H2,1H3. The maximum absolute atomic E-state index is 12.0. The van der Waals surface area contributed by atoms with Gasteiger partial charge in [-0.25, -0.2) is 0 Å². The van der Waals surface area contributed by atoms with E-state index >= 15 is 0 Å². The van der Waals surface area contributed by atoms with E-state index in [9.17, 15) is 13.2 Å². The second-order valence-electron chi connectivity index (χ2n) is 3.76. The summed E-state index contributed by atoms with van der Waals surface area (Å²) < 4.78 is 36.9. The lowest BCUT2D eigenvalue weighted by molar-refractivity contribution is -0.0327. The Kier molecular flexibility index (Phi) is 6.52. The molecule has 1 aromatic carbocycles. The Labute approximate surface area is 118 Å². The molecule has 6 heteroatoms. The Morgan fingerprint density at radius 2 is 2.11 bits per heavy atom. The molecule has 1 aromatic rings. The van der Waals surface area contributed by atoms with Crippen LogP contribution in [-0.2, 0) is 0 Å². The zero-order valence-electron chi connectivity index (χ0n) is 9.93. The van der Waals surface area contributed by atoms with Gasteiger partial charge in [0.05, 0.1) is 0 Å². The number of hydrogen-bond acceptors (Lipinski definition) is 2. The molecule has 0 spiro atoms. The normalized spacial score (nSPS) is 13.6. The molecule has 0 amide bonds. The summed E-state index contributed by atoms with van der Waals surface area (Å²) in [6.07, 6.45) is 0.840. The largest absolute Gasteiger partial charge is 0.441 e. The van der Waals surface area contributed by atoms with E-state index in [4.69, 9.17) is 0 Å². The van der Waals surface area contributed by atoms with E-state index in [-0.39, 0.29) is 23.6 Å². The minimum atomic E-state index is -4.14. The van der Waals surface area contributed by atoms with Crippen molar-refractivity contribution < 1.29 is 13.2 Å². The van der Waals surface area contributed by atoms with E-state index in [1.165, 1.54) is 0 Å². The molecule has 0 heterocycles. The third-order valence-electron chi connectivity index (χ3n) is 2.42. The van der Waals surface area contributed by atoms with Gasteiger partial charge in [0.25, 0.3) is 0 Å². The Bertz CT molecular complexity index is 371. The number of nitrogens with one attached hydrogen (secondary N) is 1. The molecule has 1 N–H and O–H groups in total. The molecule has 0 aliphatic heterocycles. The number of halogens is 4. The predicted molar refractivity (Wildman–Crippen MR) is 73.7 cm³/mol. The summed E-state index contributed by atoms with van der Waals surface area (Å²) in [5, 5.41) is 3.14. The average molecular weight is 342 g/mol. The van der Waals surface area contributed by atoms with Gasteiger partial charge in [-0.3, -0.25) is 0 Å². The minimum Gasteiger partial charge on any atom is -0.309 e. The van der Waals surface area contributed by atoms with Crippen molar-refractivity contribution >= 4 is 27.7 Å². The smallest absolute Gasteiger partial charge is 0.309 e. The predicted octanol–water partition coefficient (Wildman–Crippen LogP) is 4.74. The summed E-state index contributed by atoms with van der Waals surface area (Å²) >= 11 is 3.40. The van der Waals surface area contributed by atoms with E-state index < -0.39 is 5.51 Å². The van der Waals surface area contributed by atoms with Crippen LogP contribution in [0, 0.1) is 0 Å². The Hall–Kier alpha value is -0.200. The van der Waals surface area contributed by atoms with E-state index in [0.29, 0.717) is 6.54 Å². The van der Waals surface area contributed by atoms with Gasteiger partial charge in [-0.05, 0) is 35.9 Å². The summed E-state index contributed by atoms with van der Waals surface area (Å²) in [4.78, 5) is 0. The van der Waals surface area contributed by atoms with Crippen molar-refractivity contribution in [2.75, 3.05) is 12.3 Å². The molecule has 0 saturated heterocycles. The van der Waals surface area contributed by atoms with E-state index in [1.54, 1.807) is 0 Å². The average Bonchev–Trinajstić information content (AvgIpc) is 2.27. The van der Waals surface area contributed by atoms with Gasteiger partial charge in [0, 0.05) is 22.8 Å². The molecule has 0 radical (unpaired) electrons. The van der Waals surface area contributed by atoms with Crippen molar-refractivity contribution in [2.45, 2.75) is 24.9 Å². The highest BCUT2D eigenvalue weighted by molar-refractivity contribution is 9.10. The van der Waals surface area contributed by atoms with Crippen molar-refractivity contribution in [1.29, 1.82) is 0 Å². The number of thioether (sulfide) groups is 1. The molecule has 1 nitrogen and oxygen atoms in total. The SMILES string of the molecule is CCC(NCCSC(F)(F)F)c1cccc(Br)c1. The van der Waals surface area contributed by atoms with Crippen molar-refractivity contribution in [3.05, 3.63) is 34.3 Å². The van der Waals surface area contributed by atoms with Crippen LogP contribution in [0.1, 0.15) is 24.9 Å². The maximum atomic E-state index is 12.0. The first kappa shape index (κ1) is 15.9. The maximum Gasteiger partial charge on any atom is 0.441 e. The Balaban J connectivity index is 2.43. The van der Waals surface area contributed by atoms with Crippen LogP contribution < -0.4 is 5.32 Å². The molecule has 1 atom stereocenters. The molecule has 0 aliphatic carbocycles. The minimum absolute atomic E-state index is 0.0126. The van der Waals surface area contributed by atoms with Gasteiger partial charge in [-0.2, -0.15) is 13.2 Å². The van der Waals surface area contributed by atoms with Gasteiger partial charge < -0.3 is 5.32 Å². The summed E-state index contributed by atoms with van der Waals surface area (Å²) in [6.45, 7) is 2.35. The van der Waals surface area contributed by atoms with Crippen LogP contribution in [0.15, 0.2) is 28.7 Å². The topological polar surface area (TPSA) is 12.0 Å². The highest BCUT2D eigenvalue weighted by Crippen LogP contribution is 2.29. The fourth-order valence-corrected chi connectivity index (χ4v) is 2.49. The third-order valence-corrected chi connectivity index (χ3v) is 3.65. The second kappa shape index (κ2) is 7.40. The van der Waals surface area contributed by atoms with Gasteiger partial charge in [0.15, 0.2) is 0 Å². The summed E-state index contributed by atoms with van der Waals surface area (Å²) in [7, 11) is 0. The number of rotatable bonds is 6. The molecule has 102 valence electrons. The fraction of sp³-hybridized carbons (Fsp3) is 0.500. The van der Waals surface area contributed by atoms with Crippen molar-refractivity contribution in [3.63, 3.8) is 0 Å². The molecule has 1 rings (SSSR count). The van der Waals surface area contributed by atoms with Crippen molar-refractivity contribution in [3.8, 4) is 0 Å². The zero-order chi connectivity index (χ0) is 13.6. The van der Waals surface area contributed by atoms with Crippen LogP contribution in [0.3, 0.4) is 0 Å². The molecular weight excluding hydrogens is 327 g/mol. The van der Waals surface area contributed by atoms with E-state index in [2.05, 4.69) is 21.2 Å². The zero-order valence-corrected chi connectivity index (χ0v) is 12.3. The second-order valence-corrected chi connectivity index (χ2v) is 5.84. The van der Waals surface area contributed by atoms with E-state index in [1.807, 2.05) is 31.2 Å². The number of alkyl halides is 3.